The van der Waals surface area contributed by atoms with Crippen molar-refractivity contribution in [3.63, 3.8) is 0 Å². The maximum absolute atomic E-state index is 3.51. The molecule has 4 fully saturated rings. The van der Waals surface area contributed by atoms with Crippen LogP contribution < -0.4 is 5.32 Å². The van der Waals surface area contributed by atoms with Gasteiger partial charge in [0.15, 0.2) is 0 Å². The van der Waals surface area contributed by atoms with Crippen LogP contribution in [0.3, 0.4) is 0 Å². The molecule has 0 heterocycles. The van der Waals surface area contributed by atoms with Crippen molar-refractivity contribution < 1.29 is 0 Å². The van der Waals surface area contributed by atoms with Crippen LogP contribution in [0.5, 0.6) is 0 Å². The van der Waals surface area contributed by atoms with Crippen molar-refractivity contribution >= 4 is 0 Å². The fraction of sp³-hybridized carbons (Fsp3) is 1.00. The van der Waals surface area contributed by atoms with Crippen LogP contribution in [0.2, 0.25) is 0 Å². The Morgan fingerprint density at radius 1 is 0.923 bits per heavy atom. The molecule has 26 heavy (non-hydrogen) atoms. The molecule has 0 bridgehead atoms. The van der Waals surface area contributed by atoms with E-state index in [9.17, 15) is 0 Å². The lowest BCUT2D eigenvalue weighted by molar-refractivity contribution is -0.162. The highest BCUT2D eigenvalue weighted by atomic mass is 14.8. The van der Waals surface area contributed by atoms with Gasteiger partial charge >= 0.3 is 0 Å². The normalized spacial score (nSPS) is 48.7. The van der Waals surface area contributed by atoms with E-state index in [2.05, 4.69) is 33.1 Å². The third kappa shape index (κ3) is 2.99. The zero-order chi connectivity index (χ0) is 18.3. The monoisotopic (exact) mass is 359 g/mol. The molecule has 0 saturated heterocycles. The molecule has 1 nitrogen and oxygen atoms in total. The zero-order valence-corrected chi connectivity index (χ0v) is 18.1. The fourth-order valence-electron chi connectivity index (χ4n) is 8.20. The van der Waals surface area contributed by atoms with Crippen LogP contribution in [0, 0.1) is 52.8 Å². The molecule has 0 aromatic rings. The molecule has 4 rings (SSSR count). The summed E-state index contributed by atoms with van der Waals surface area (Å²) in [4.78, 5) is 0. The second-order valence-electron chi connectivity index (χ2n) is 11.0. The molecule has 150 valence electrons. The van der Waals surface area contributed by atoms with Crippen molar-refractivity contribution in [3.8, 4) is 0 Å². The first-order chi connectivity index (χ1) is 12.6. The van der Waals surface area contributed by atoms with Crippen LogP contribution in [0.4, 0.5) is 0 Å². The summed E-state index contributed by atoms with van der Waals surface area (Å²) in [6.45, 7) is 8.74. The van der Waals surface area contributed by atoms with Crippen molar-refractivity contribution in [1.82, 2.24) is 5.32 Å². The maximum Gasteiger partial charge on any atom is -0.00464 e. The van der Waals surface area contributed by atoms with Crippen molar-refractivity contribution in [2.24, 2.45) is 52.8 Å². The second-order valence-corrected chi connectivity index (χ2v) is 11.0. The minimum Gasteiger partial charge on any atom is -0.320 e. The molecule has 1 heteroatoms. The molecule has 9 unspecified atom stereocenters. The molecule has 1 N–H and O–H groups in total. The minimum atomic E-state index is 0.714. The average molecular weight is 360 g/mol. The predicted octanol–water partition coefficient (Wildman–Crippen LogP) is 6.53. The summed E-state index contributed by atoms with van der Waals surface area (Å²) in [6, 6.07) is 0. The van der Waals surface area contributed by atoms with Gasteiger partial charge in [-0.05, 0) is 118 Å². The fourth-order valence-corrected chi connectivity index (χ4v) is 8.20. The minimum absolute atomic E-state index is 0.714. The third-order valence-electron chi connectivity index (χ3n) is 10.2. The van der Waals surface area contributed by atoms with E-state index in [1.54, 1.807) is 38.5 Å². The van der Waals surface area contributed by atoms with Crippen molar-refractivity contribution in [1.29, 1.82) is 0 Å². The molecule has 4 aliphatic rings. The van der Waals surface area contributed by atoms with E-state index in [4.69, 9.17) is 0 Å². The first kappa shape index (κ1) is 19.3. The Hall–Kier alpha value is -0.0400. The van der Waals surface area contributed by atoms with Crippen LogP contribution in [-0.4, -0.2) is 13.6 Å². The van der Waals surface area contributed by atoms with Crippen LogP contribution in [0.1, 0.15) is 91.4 Å². The highest BCUT2D eigenvalue weighted by Crippen LogP contribution is 2.68. The summed E-state index contributed by atoms with van der Waals surface area (Å²) >= 11 is 0. The summed E-state index contributed by atoms with van der Waals surface area (Å²) in [6.07, 6.45) is 16.7. The zero-order valence-electron chi connectivity index (χ0n) is 18.1. The first-order valence-corrected chi connectivity index (χ1v) is 12.3. The van der Waals surface area contributed by atoms with Crippen molar-refractivity contribution in [2.45, 2.75) is 91.4 Å². The lowest BCUT2D eigenvalue weighted by Crippen LogP contribution is -2.58. The molecular weight excluding hydrogens is 314 g/mol. The summed E-state index contributed by atoms with van der Waals surface area (Å²) in [5.41, 5.74) is 0.714. The smallest absolute Gasteiger partial charge is 0.00464 e. The number of nitrogens with one attached hydrogen (secondary N) is 1. The van der Waals surface area contributed by atoms with Crippen LogP contribution in [0.15, 0.2) is 0 Å². The number of hydrogen-bond donors (Lipinski definition) is 1. The molecule has 4 saturated carbocycles. The Morgan fingerprint density at radius 2 is 1.62 bits per heavy atom. The van der Waals surface area contributed by atoms with E-state index in [-0.39, 0.29) is 0 Å². The maximum atomic E-state index is 3.51. The van der Waals surface area contributed by atoms with Crippen LogP contribution in [-0.2, 0) is 0 Å². The highest BCUT2D eigenvalue weighted by Gasteiger charge is 2.60. The van der Waals surface area contributed by atoms with Crippen molar-refractivity contribution in [2.75, 3.05) is 13.6 Å². The summed E-state index contributed by atoms with van der Waals surface area (Å²) in [5.74, 6) is 8.57. The highest BCUT2D eigenvalue weighted by molar-refractivity contribution is 5.09. The first-order valence-electron chi connectivity index (χ1n) is 12.3. The quantitative estimate of drug-likeness (QED) is 0.493. The Balaban J connectivity index is 1.46. The van der Waals surface area contributed by atoms with E-state index >= 15 is 0 Å². The molecular formula is C25H45N. The Kier molecular flexibility index (Phi) is 5.76. The van der Waals surface area contributed by atoms with Gasteiger partial charge in [-0.25, -0.2) is 0 Å². The molecule has 0 aromatic carbocycles. The Morgan fingerprint density at radius 3 is 2.04 bits per heavy atom. The van der Waals surface area contributed by atoms with E-state index < -0.39 is 0 Å². The lowest BCUT2D eigenvalue weighted by Gasteiger charge is -2.65. The largest absolute Gasteiger partial charge is 0.320 e. The molecule has 9 atom stereocenters. The van der Waals surface area contributed by atoms with E-state index in [1.165, 1.54) is 38.6 Å². The Labute approximate surface area is 163 Å². The molecule has 0 radical (unpaired) electrons. The third-order valence-corrected chi connectivity index (χ3v) is 10.2. The predicted molar refractivity (Wildman–Crippen MR) is 112 cm³/mol. The summed E-state index contributed by atoms with van der Waals surface area (Å²) in [5, 5.41) is 3.51. The molecule has 0 aromatic heterocycles. The van der Waals surface area contributed by atoms with Gasteiger partial charge in [-0.2, -0.15) is 0 Å². The van der Waals surface area contributed by atoms with E-state index in [0.29, 0.717) is 5.41 Å². The van der Waals surface area contributed by atoms with Gasteiger partial charge in [-0.3, -0.25) is 0 Å². The van der Waals surface area contributed by atoms with Gasteiger partial charge in [0.05, 0.1) is 0 Å². The SMILES string of the molecule is CCCC(C)C1CCC1(CCNC)C1CCC1C1CCC1C1CCC1C. The number of hydrogen-bond acceptors (Lipinski definition) is 1. The van der Waals surface area contributed by atoms with Gasteiger partial charge in [-0.1, -0.05) is 40.0 Å². The van der Waals surface area contributed by atoms with Gasteiger partial charge in [0.2, 0.25) is 0 Å². The standard InChI is InChI=1S/C25H45N/c1-5-6-18(3)23-13-14-25(23,15-16-26-4)24-12-11-22(24)21-10-9-20(21)19-8-7-17(19)2/h17-24,26H,5-16H2,1-4H3. The lowest BCUT2D eigenvalue weighted by atomic mass is 9.40. The molecule has 4 aliphatic carbocycles. The second kappa shape index (κ2) is 7.76. The van der Waals surface area contributed by atoms with Gasteiger partial charge in [0.1, 0.15) is 0 Å². The van der Waals surface area contributed by atoms with Gasteiger partial charge in [0.25, 0.3) is 0 Å². The average Bonchev–Trinajstić information content (AvgIpc) is 2.56. The molecule has 0 aliphatic heterocycles. The topological polar surface area (TPSA) is 12.0 Å². The van der Waals surface area contributed by atoms with Crippen LogP contribution in [0.25, 0.3) is 0 Å². The van der Waals surface area contributed by atoms with E-state index in [1.807, 2.05) is 0 Å². The molecule has 0 amide bonds. The summed E-state index contributed by atoms with van der Waals surface area (Å²) in [7, 11) is 2.16. The summed E-state index contributed by atoms with van der Waals surface area (Å²) < 4.78 is 0. The van der Waals surface area contributed by atoms with Gasteiger partial charge in [-0.15, -0.1) is 0 Å². The van der Waals surface area contributed by atoms with Gasteiger partial charge in [0, 0.05) is 0 Å². The van der Waals surface area contributed by atoms with Gasteiger partial charge < -0.3 is 5.32 Å². The molecule has 0 spiro atoms. The van der Waals surface area contributed by atoms with E-state index in [0.717, 1.165) is 47.3 Å². The Bertz CT molecular complexity index is 473. The van der Waals surface area contributed by atoms with Crippen molar-refractivity contribution in [3.05, 3.63) is 0 Å². The number of rotatable bonds is 9. The van der Waals surface area contributed by atoms with Crippen LogP contribution >= 0.6 is 0 Å².